The van der Waals surface area contributed by atoms with Gasteiger partial charge in [-0.05, 0) is 365 Å². The second-order valence-corrected chi connectivity index (χ2v) is 61.6. The normalized spacial score (nSPS) is 28.5. The Morgan fingerprint density at radius 1 is 0.344 bits per heavy atom. The van der Waals surface area contributed by atoms with Gasteiger partial charge in [0.15, 0.2) is 5.79 Å². The van der Waals surface area contributed by atoms with Crippen molar-refractivity contribution in [2.24, 2.45) is 124 Å². The van der Waals surface area contributed by atoms with Gasteiger partial charge in [0.1, 0.15) is 0 Å². The third-order valence-electron chi connectivity index (χ3n) is 29.2. The molecule has 0 amide bonds. The fraction of sp³-hybridized carbons (Fsp3) is 0.952. The topological polar surface area (TPSA) is 75.6 Å². The molecule has 13 rings (SSSR count). The Labute approximate surface area is 822 Å². The lowest BCUT2D eigenvalue weighted by molar-refractivity contribution is -0.183. The molecule has 10 atom stereocenters. The molecule has 131 heavy (non-hydrogen) atoms. The van der Waals surface area contributed by atoms with Gasteiger partial charge in [0, 0.05) is 26.1 Å². The molecule has 7 aliphatic carbocycles. The van der Waals surface area contributed by atoms with Crippen LogP contribution in [0.2, 0.25) is 0 Å². The Morgan fingerprint density at radius 2 is 0.725 bits per heavy atom. The van der Waals surface area contributed by atoms with Crippen LogP contribution >= 0.6 is 0 Å². The van der Waals surface area contributed by atoms with Crippen molar-refractivity contribution in [2.75, 3.05) is 26.4 Å². The number of benzene rings is 1. The van der Waals surface area contributed by atoms with Crippen molar-refractivity contribution in [2.45, 2.75) is 607 Å². The van der Waals surface area contributed by atoms with Crippen LogP contribution in [0.1, 0.15) is 566 Å². The van der Waals surface area contributed by atoms with Gasteiger partial charge in [-0.1, -0.05) is 343 Å². The molecule has 7 heteroatoms. The smallest absolute Gasteiger partial charge is 0.168 e. The highest BCUT2D eigenvalue weighted by Gasteiger charge is 2.47. The van der Waals surface area contributed by atoms with Crippen molar-refractivity contribution in [3.05, 3.63) is 35.9 Å². The van der Waals surface area contributed by atoms with Crippen LogP contribution in [0, 0.1) is 124 Å². The Bertz CT molecular complexity index is 2970. The Morgan fingerprint density at radius 3 is 1.04 bits per heavy atom. The predicted molar refractivity (Wildman–Crippen MR) is 576 cm³/mol. The van der Waals surface area contributed by atoms with Crippen molar-refractivity contribution in [3.63, 3.8) is 0 Å². The lowest BCUT2D eigenvalue weighted by Gasteiger charge is -2.38. The first-order valence-corrected chi connectivity index (χ1v) is 55.9. The highest BCUT2D eigenvalue weighted by atomic mass is 16.7. The summed E-state index contributed by atoms with van der Waals surface area (Å²) in [5.74, 6) is 10.4. The molecule has 5 heterocycles. The Hall–Kier alpha value is -1.06. The number of ether oxygens (including phenoxy) is 6. The minimum atomic E-state index is -0.367. The second kappa shape index (κ2) is 53.9. The predicted octanol–water partition coefficient (Wildman–Crippen LogP) is 38.7. The van der Waals surface area contributed by atoms with E-state index in [1.165, 1.54) is 211 Å². The monoisotopic (exact) mass is 1840 g/mol. The summed E-state index contributed by atoms with van der Waals surface area (Å²) in [5, 5.41) is 9.79. The molecule has 1 aromatic rings. The van der Waals surface area contributed by atoms with Crippen LogP contribution in [-0.4, -0.2) is 78.5 Å². The molecule has 12 aliphatic rings. The molecule has 0 radical (unpaired) electrons. The number of fused-ring (bicyclic) bond motifs is 4. The van der Waals surface area contributed by atoms with Crippen molar-refractivity contribution in [1.82, 2.24) is 0 Å². The molecule has 7 nitrogen and oxygen atoms in total. The van der Waals surface area contributed by atoms with Crippen LogP contribution in [0.5, 0.6) is 0 Å². The summed E-state index contributed by atoms with van der Waals surface area (Å²) in [6, 6.07) is 10.9. The highest BCUT2D eigenvalue weighted by Crippen LogP contribution is 2.57. The van der Waals surface area contributed by atoms with Crippen molar-refractivity contribution in [1.29, 1.82) is 0 Å². The third-order valence-corrected chi connectivity index (χ3v) is 29.2. The van der Waals surface area contributed by atoms with E-state index in [2.05, 4.69) is 321 Å². The van der Waals surface area contributed by atoms with Crippen LogP contribution < -0.4 is 0 Å². The fourth-order valence-corrected chi connectivity index (χ4v) is 25.8. The van der Waals surface area contributed by atoms with Crippen molar-refractivity contribution in [3.8, 4) is 0 Å². The van der Waals surface area contributed by atoms with Gasteiger partial charge >= 0.3 is 0 Å². The Balaban J connectivity index is 0.000000372. The summed E-state index contributed by atoms with van der Waals surface area (Å²) in [5.41, 5.74) is 7.14. The van der Waals surface area contributed by atoms with E-state index in [9.17, 15) is 5.11 Å². The lowest BCUT2D eigenvalue weighted by atomic mass is 9.71. The Kier molecular flexibility index (Phi) is 51.0. The first-order valence-electron chi connectivity index (χ1n) is 55.9. The van der Waals surface area contributed by atoms with E-state index in [0.29, 0.717) is 89.4 Å². The van der Waals surface area contributed by atoms with Crippen LogP contribution in [0.25, 0.3) is 0 Å². The van der Waals surface area contributed by atoms with Gasteiger partial charge < -0.3 is 33.5 Å². The average Bonchev–Trinajstić information content (AvgIpc) is 1.62. The molecule has 7 saturated carbocycles. The molecule has 5 aliphatic heterocycles. The summed E-state index contributed by atoms with van der Waals surface area (Å²) in [6.07, 6.45) is 56.6. The van der Waals surface area contributed by atoms with Crippen LogP contribution in [0.15, 0.2) is 30.3 Å². The molecule has 4 bridgehead atoms. The van der Waals surface area contributed by atoms with E-state index in [1.807, 2.05) is 6.92 Å². The SMILES string of the molecule is CC(C)(C)C1CC1c1ccccc1.CC(C)(C)CC(C)(C)C.CC(C)(C)CC1(C)CCOCC1.CC(C)(C)CC1CC2CCC1C2.CC(C)(C)CC1CC2CCC1O2.CC(C)(C)CC1CCC(C)(O)CC1.CC(C)(C)CC1CCC2(CC1)OCCO2.CC(C)(C)CC1CCCCC1.CC(C)(C)CC1CCCCCC1.CC(C)(C)OC(C)(C)C.CC1CC(CC(C)(C)C)CC(C)O1. The van der Waals surface area contributed by atoms with Gasteiger partial charge in [0.05, 0.1) is 54.4 Å². The molecule has 1 N–H and O–H groups in total. The molecule has 10 unspecified atom stereocenters. The molecular weight excluding hydrogens is 1600 g/mol. The summed E-state index contributed by atoms with van der Waals surface area (Å²) in [7, 11) is 0. The van der Waals surface area contributed by atoms with Gasteiger partial charge in [-0.15, -0.1) is 0 Å². The minimum Gasteiger partial charge on any atom is -0.390 e. The van der Waals surface area contributed by atoms with E-state index >= 15 is 0 Å². The van der Waals surface area contributed by atoms with Gasteiger partial charge in [0.25, 0.3) is 0 Å². The minimum absolute atomic E-state index is 0.0156. The maximum Gasteiger partial charge on any atom is 0.168 e. The van der Waals surface area contributed by atoms with E-state index in [1.54, 1.807) is 25.7 Å². The first kappa shape index (κ1) is 124. The van der Waals surface area contributed by atoms with Gasteiger partial charge in [-0.25, -0.2) is 0 Å². The molecule has 0 aromatic heterocycles. The zero-order chi connectivity index (χ0) is 100. The van der Waals surface area contributed by atoms with E-state index in [0.717, 1.165) is 117 Å². The molecule has 1 spiro atoms. The maximum atomic E-state index is 9.79. The number of aliphatic hydroxyl groups is 1. The van der Waals surface area contributed by atoms with E-state index in [4.69, 9.17) is 28.4 Å². The van der Waals surface area contributed by atoms with Crippen molar-refractivity contribution < 1.29 is 33.5 Å². The highest BCUT2D eigenvalue weighted by molar-refractivity contribution is 5.26. The summed E-state index contributed by atoms with van der Waals surface area (Å²) < 4.78 is 34.0. The third kappa shape index (κ3) is 62.8. The lowest BCUT2D eigenvalue weighted by Crippen LogP contribution is -2.35. The summed E-state index contributed by atoms with van der Waals surface area (Å²) >= 11 is 0. The van der Waals surface area contributed by atoms with Gasteiger partial charge in [0.2, 0.25) is 0 Å². The van der Waals surface area contributed by atoms with E-state index in [-0.39, 0.29) is 22.6 Å². The maximum absolute atomic E-state index is 9.79. The summed E-state index contributed by atoms with van der Waals surface area (Å²) in [6.45, 7) is 102. The molecule has 5 saturated heterocycles. The molecular formula is C124H238O7. The molecule has 776 valence electrons. The van der Waals surface area contributed by atoms with Crippen LogP contribution in [0.3, 0.4) is 0 Å². The number of hydrogen-bond donors (Lipinski definition) is 1. The first-order chi connectivity index (χ1) is 59.3. The summed E-state index contributed by atoms with van der Waals surface area (Å²) in [4.78, 5) is 0. The van der Waals surface area contributed by atoms with Crippen LogP contribution in [0.4, 0.5) is 0 Å². The standard InChI is InChI=1S/C13H24O2.C13H18.2C12H24O.C12H22.C12H24.C11H20O.C11H22O.C11H22.C9H20.C8H18O/c1-12(2,3)10-11-4-6-13(7-5-11)14-8-9-15-13;1-13(2,3)12-9-11(12)10-7-5-4-6-8-10;1-9-6-11(7-10(2)13-9)8-12(3,4)5;1-11(2,3)9-10-5-7-12(4,13)8-6-10;1-12(2,3)8-11-7-9-4-5-10(11)6-9;1-12(2,3)10-11-8-6-4-5-7-9-11;1-11(2,3)7-8-6-9-4-5-10(8)12-9;1-10(2,3)9-11(4)5-7-12-8-6-11;1-11(2,3)9-10-7-5-4-6-8-10;1-8(2,3)7-9(4,5)6;1-7(2,3)9-8(4,5)6/h11H,4-10H2,1-3H3;4-8,11-12H,9H2,1-3H3;9-11H,6-8H2,1-5H3;10,13H,5-9H2,1-4H3;9-11H,4-8H2,1-3H3;11H,4-10H2,1-3H3;8-10H,4-7H2,1-3H3;5-9H2,1-4H3;10H,4-9H2,1-3H3;7H2,1-6H3;1-6H3. The zero-order valence-electron chi connectivity index (χ0n) is 97.1. The number of hydrogen-bond acceptors (Lipinski definition) is 7. The average molecular weight is 1840 g/mol. The molecule has 1 aromatic carbocycles. The quantitative estimate of drug-likeness (QED) is 0.247. The fourth-order valence-electron chi connectivity index (χ4n) is 25.8. The van der Waals surface area contributed by atoms with Crippen molar-refractivity contribution >= 4 is 0 Å². The van der Waals surface area contributed by atoms with E-state index < -0.39 is 0 Å². The molecule has 12 fully saturated rings. The largest absolute Gasteiger partial charge is 0.390 e. The number of rotatable bonds is 9. The zero-order valence-corrected chi connectivity index (χ0v) is 97.1. The second-order valence-electron chi connectivity index (χ2n) is 61.6. The van der Waals surface area contributed by atoms with Gasteiger partial charge in [-0.2, -0.15) is 0 Å². The van der Waals surface area contributed by atoms with Gasteiger partial charge in [-0.3, -0.25) is 0 Å². The van der Waals surface area contributed by atoms with Crippen LogP contribution in [-0.2, 0) is 28.4 Å².